The van der Waals surface area contributed by atoms with E-state index in [0.717, 1.165) is 6.92 Å². The minimum Gasteiger partial charge on any atom is -0.454 e. The standard InChI is InChI=1S/C14H17F3O8S/c1-6(14(15,16)17)12(18)23-7(2)13(19)24-11-9(22-3)4-8-5-10(11)25-26(8,20)21/h7-11H,1,4-5H2,2-3H3. The summed E-state index contributed by atoms with van der Waals surface area (Å²) in [6.07, 6.45) is -9.39. The van der Waals surface area contributed by atoms with Crippen LogP contribution in [-0.4, -0.2) is 63.3 Å². The minimum absolute atomic E-state index is 0.0341. The van der Waals surface area contributed by atoms with Gasteiger partial charge >= 0.3 is 18.1 Å². The van der Waals surface area contributed by atoms with Gasteiger partial charge in [0.1, 0.15) is 11.7 Å². The Morgan fingerprint density at radius 3 is 2.42 bits per heavy atom. The zero-order valence-electron chi connectivity index (χ0n) is 13.8. The van der Waals surface area contributed by atoms with Crippen LogP contribution in [0.15, 0.2) is 12.2 Å². The predicted molar refractivity (Wildman–Crippen MR) is 78.2 cm³/mol. The number of hydrogen-bond donors (Lipinski definition) is 0. The molecule has 5 atom stereocenters. The summed E-state index contributed by atoms with van der Waals surface area (Å²) in [7, 11) is -2.50. The van der Waals surface area contributed by atoms with Gasteiger partial charge in [0.05, 0.1) is 11.4 Å². The van der Waals surface area contributed by atoms with E-state index in [0.29, 0.717) is 0 Å². The number of hydrogen-bond acceptors (Lipinski definition) is 8. The second kappa shape index (κ2) is 7.16. The Balaban J connectivity index is 2.02. The maximum absolute atomic E-state index is 12.4. The Bertz CT molecular complexity index is 701. The fraction of sp³-hybridized carbons (Fsp3) is 0.714. The first-order valence-electron chi connectivity index (χ1n) is 7.49. The molecule has 2 fully saturated rings. The molecule has 0 radical (unpaired) electrons. The smallest absolute Gasteiger partial charge is 0.422 e. The van der Waals surface area contributed by atoms with E-state index in [1.165, 1.54) is 7.11 Å². The monoisotopic (exact) mass is 402 g/mol. The van der Waals surface area contributed by atoms with Crippen molar-refractivity contribution in [3.05, 3.63) is 12.2 Å². The highest BCUT2D eigenvalue weighted by atomic mass is 32.2. The highest BCUT2D eigenvalue weighted by molar-refractivity contribution is 7.87. The van der Waals surface area contributed by atoms with Crippen molar-refractivity contribution in [2.24, 2.45) is 0 Å². The molecule has 0 aromatic heterocycles. The van der Waals surface area contributed by atoms with Gasteiger partial charge in [-0.05, 0) is 19.8 Å². The summed E-state index contributed by atoms with van der Waals surface area (Å²) in [5, 5.41) is -0.780. The fourth-order valence-corrected chi connectivity index (χ4v) is 4.25. The normalized spacial score (nSPS) is 31.1. The van der Waals surface area contributed by atoms with Crippen molar-refractivity contribution in [1.82, 2.24) is 0 Å². The van der Waals surface area contributed by atoms with Gasteiger partial charge in [-0.3, -0.25) is 4.18 Å². The van der Waals surface area contributed by atoms with Gasteiger partial charge in [0.25, 0.3) is 10.1 Å². The van der Waals surface area contributed by atoms with Crippen LogP contribution in [0.3, 0.4) is 0 Å². The topological polar surface area (TPSA) is 105 Å². The zero-order chi connectivity index (χ0) is 19.9. The van der Waals surface area contributed by atoms with Crippen molar-refractivity contribution < 1.29 is 49.6 Å². The van der Waals surface area contributed by atoms with Crippen LogP contribution < -0.4 is 0 Å². The summed E-state index contributed by atoms with van der Waals surface area (Å²) in [6.45, 7) is 3.59. The van der Waals surface area contributed by atoms with Gasteiger partial charge < -0.3 is 14.2 Å². The van der Waals surface area contributed by atoms with Crippen LogP contribution in [0, 0.1) is 0 Å². The quantitative estimate of drug-likeness (QED) is 0.379. The molecule has 2 aliphatic rings. The number of rotatable bonds is 5. The lowest BCUT2D eigenvalue weighted by atomic mass is 9.91. The molecule has 2 bridgehead atoms. The number of esters is 2. The highest BCUT2D eigenvalue weighted by Gasteiger charge is 2.53. The Morgan fingerprint density at radius 1 is 1.27 bits per heavy atom. The molecule has 26 heavy (non-hydrogen) atoms. The highest BCUT2D eigenvalue weighted by Crippen LogP contribution is 2.38. The summed E-state index contributed by atoms with van der Waals surface area (Å²) >= 11 is 0. The average Bonchev–Trinajstić information content (AvgIpc) is 2.78. The first kappa shape index (κ1) is 20.6. The largest absolute Gasteiger partial charge is 0.454 e. The van der Waals surface area contributed by atoms with Crippen LogP contribution in [0.2, 0.25) is 0 Å². The number of fused-ring (bicyclic) bond motifs is 2. The van der Waals surface area contributed by atoms with E-state index in [4.69, 9.17) is 13.7 Å². The van der Waals surface area contributed by atoms with Crippen molar-refractivity contribution in [2.45, 2.75) is 55.6 Å². The number of halogens is 3. The predicted octanol–water partition coefficient (Wildman–Crippen LogP) is 0.854. The third-order valence-corrected chi connectivity index (χ3v) is 5.87. The van der Waals surface area contributed by atoms with Gasteiger partial charge in [-0.1, -0.05) is 6.58 Å². The van der Waals surface area contributed by atoms with Gasteiger partial charge in [-0.2, -0.15) is 21.6 Å². The molecule has 1 aliphatic heterocycles. The van der Waals surface area contributed by atoms with Crippen molar-refractivity contribution in [2.75, 3.05) is 7.11 Å². The van der Waals surface area contributed by atoms with Crippen molar-refractivity contribution in [1.29, 1.82) is 0 Å². The van der Waals surface area contributed by atoms with Gasteiger partial charge in [-0.25, -0.2) is 9.59 Å². The summed E-state index contributed by atoms with van der Waals surface area (Å²) in [5.74, 6) is -2.97. The van der Waals surface area contributed by atoms with Gasteiger partial charge in [0.2, 0.25) is 0 Å². The Kier molecular flexibility index (Phi) is 5.69. The lowest BCUT2D eigenvalue weighted by Gasteiger charge is -2.32. The van der Waals surface area contributed by atoms with E-state index in [1.54, 1.807) is 0 Å². The van der Waals surface area contributed by atoms with E-state index in [2.05, 4.69) is 11.3 Å². The van der Waals surface area contributed by atoms with E-state index >= 15 is 0 Å². The van der Waals surface area contributed by atoms with Crippen molar-refractivity contribution >= 4 is 22.1 Å². The average molecular weight is 402 g/mol. The van der Waals surface area contributed by atoms with E-state index in [1.807, 2.05) is 0 Å². The Labute approximate surface area is 147 Å². The van der Waals surface area contributed by atoms with Crippen LogP contribution in [0.25, 0.3) is 0 Å². The zero-order valence-corrected chi connectivity index (χ0v) is 14.6. The number of carbonyl (C=O) groups excluding carboxylic acids is 2. The van der Waals surface area contributed by atoms with E-state index < -0.39 is 63.5 Å². The maximum Gasteiger partial charge on any atom is 0.422 e. The van der Waals surface area contributed by atoms with Gasteiger partial charge in [-0.15, -0.1) is 0 Å². The SMILES string of the molecule is C=C(C(=O)OC(C)C(=O)OC1C(OC)CC2CC1OS2(=O)=O)C(F)(F)F. The lowest BCUT2D eigenvalue weighted by Crippen LogP contribution is -2.47. The molecule has 0 aromatic rings. The first-order chi connectivity index (χ1) is 11.9. The number of carbonyl (C=O) groups is 2. The Hall–Kier alpha value is -1.66. The van der Waals surface area contributed by atoms with Crippen LogP contribution >= 0.6 is 0 Å². The number of alkyl halides is 3. The van der Waals surface area contributed by atoms with E-state index in [-0.39, 0.29) is 12.8 Å². The second-order valence-electron chi connectivity index (χ2n) is 5.92. The van der Waals surface area contributed by atoms with Crippen LogP contribution in [0.1, 0.15) is 19.8 Å². The molecule has 148 valence electrons. The lowest BCUT2D eigenvalue weighted by molar-refractivity contribution is -0.183. The summed E-state index contributed by atoms with van der Waals surface area (Å²) < 4.78 is 80.3. The van der Waals surface area contributed by atoms with Gasteiger partial charge in [0.15, 0.2) is 12.2 Å². The number of ether oxygens (including phenoxy) is 3. The second-order valence-corrected chi connectivity index (χ2v) is 7.77. The van der Waals surface area contributed by atoms with E-state index in [9.17, 15) is 31.2 Å². The number of methoxy groups -OCH3 is 1. The maximum atomic E-state index is 12.4. The molecule has 1 aliphatic carbocycles. The molecule has 0 aromatic carbocycles. The molecule has 0 amide bonds. The van der Waals surface area contributed by atoms with Crippen molar-refractivity contribution in [3.8, 4) is 0 Å². The third-order valence-electron chi connectivity index (χ3n) is 4.15. The van der Waals surface area contributed by atoms with Crippen LogP contribution in [0.4, 0.5) is 13.2 Å². The summed E-state index contributed by atoms with van der Waals surface area (Å²) in [6, 6.07) is 0. The first-order valence-corrected chi connectivity index (χ1v) is 8.96. The molecule has 0 spiro atoms. The summed E-state index contributed by atoms with van der Waals surface area (Å²) in [5.41, 5.74) is -1.77. The third kappa shape index (κ3) is 4.18. The fourth-order valence-electron chi connectivity index (χ4n) is 2.71. The molecule has 1 heterocycles. The minimum atomic E-state index is -4.99. The van der Waals surface area contributed by atoms with Crippen molar-refractivity contribution in [3.63, 3.8) is 0 Å². The van der Waals surface area contributed by atoms with Crippen LogP contribution in [0.5, 0.6) is 0 Å². The molecule has 2 rings (SSSR count). The van der Waals surface area contributed by atoms with Gasteiger partial charge in [0, 0.05) is 7.11 Å². The molecule has 5 unspecified atom stereocenters. The molecule has 0 N–H and O–H groups in total. The molecule has 1 saturated heterocycles. The molecule has 12 heteroatoms. The summed E-state index contributed by atoms with van der Waals surface area (Å²) in [4.78, 5) is 23.4. The molecule has 8 nitrogen and oxygen atoms in total. The molecule has 1 saturated carbocycles. The molecular weight excluding hydrogens is 385 g/mol. The van der Waals surface area contributed by atoms with Crippen LogP contribution in [-0.2, 0) is 38.1 Å². The molecular formula is C14H17F3O8S. The Morgan fingerprint density at radius 2 is 1.88 bits per heavy atom.